The predicted octanol–water partition coefficient (Wildman–Crippen LogP) is -0.0991. The fourth-order valence-corrected chi connectivity index (χ4v) is 4.50. The van der Waals surface area contributed by atoms with Gasteiger partial charge in [0, 0.05) is 18.1 Å². The zero-order valence-corrected chi connectivity index (χ0v) is 22.8. The molecule has 8 atom stereocenters. The number of carbonyl (C=O) groups is 2. The Balaban J connectivity index is 1.76. The first-order valence-corrected chi connectivity index (χ1v) is 12.9. The molecule has 1 unspecified atom stereocenters. The van der Waals surface area contributed by atoms with Crippen LogP contribution in [0.4, 0.5) is 0 Å². The summed E-state index contributed by atoms with van der Waals surface area (Å²) in [6.07, 6.45) is -7.60. The molecule has 0 aromatic heterocycles. The minimum Gasteiger partial charge on any atom is -0.504 e. The van der Waals surface area contributed by atoms with Gasteiger partial charge in [-0.05, 0) is 31.5 Å². The van der Waals surface area contributed by atoms with Gasteiger partial charge in [-0.1, -0.05) is 12.1 Å². The van der Waals surface area contributed by atoms with Crippen LogP contribution in [0, 0.1) is 5.92 Å². The largest absolute Gasteiger partial charge is 0.504 e. The summed E-state index contributed by atoms with van der Waals surface area (Å²) in [6, 6.07) is 4.08. The molecule has 0 spiro atoms. The van der Waals surface area contributed by atoms with Crippen LogP contribution in [0.5, 0.6) is 11.5 Å². The summed E-state index contributed by atoms with van der Waals surface area (Å²) in [7, 11) is 1.16. The molecule has 3 rings (SSSR count). The van der Waals surface area contributed by atoms with Gasteiger partial charge in [0.1, 0.15) is 37.1 Å². The molecule has 14 nitrogen and oxygen atoms in total. The van der Waals surface area contributed by atoms with Crippen LogP contribution in [0.1, 0.15) is 31.9 Å². The topological polar surface area (TPSA) is 211 Å². The van der Waals surface area contributed by atoms with Gasteiger partial charge in [-0.25, -0.2) is 4.79 Å². The number of carbonyl (C=O) groups excluding carboxylic acids is 2. The van der Waals surface area contributed by atoms with E-state index in [0.29, 0.717) is 5.56 Å². The van der Waals surface area contributed by atoms with Gasteiger partial charge >= 0.3 is 11.9 Å². The Hall–Kier alpha value is -3.24. The number of esters is 2. The van der Waals surface area contributed by atoms with E-state index in [9.17, 15) is 40.2 Å². The van der Waals surface area contributed by atoms with E-state index in [1.807, 2.05) is 0 Å². The molecule has 2 aliphatic rings. The maximum Gasteiger partial charge on any atom is 0.337 e. The molecule has 0 bridgehead atoms. The van der Waals surface area contributed by atoms with Crippen LogP contribution in [0.2, 0.25) is 0 Å². The van der Waals surface area contributed by atoms with E-state index in [-0.39, 0.29) is 42.3 Å². The molecule has 41 heavy (non-hydrogen) atoms. The zero-order valence-electron chi connectivity index (χ0n) is 22.8. The van der Waals surface area contributed by atoms with Crippen LogP contribution >= 0.6 is 0 Å². The summed E-state index contributed by atoms with van der Waals surface area (Å²) in [5.41, 5.74) is 0.709. The lowest BCUT2D eigenvalue weighted by Gasteiger charge is -2.41. The van der Waals surface area contributed by atoms with Crippen LogP contribution in [-0.4, -0.2) is 107 Å². The highest BCUT2D eigenvalue weighted by Gasteiger charge is 2.47. The van der Waals surface area contributed by atoms with Crippen molar-refractivity contribution in [2.75, 3.05) is 26.9 Å². The summed E-state index contributed by atoms with van der Waals surface area (Å²) >= 11 is 0. The second-order valence-electron chi connectivity index (χ2n) is 9.29. The summed E-state index contributed by atoms with van der Waals surface area (Å²) < 4.78 is 32.6. The van der Waals surface area contributed by atoms with Crippen LogP contribution in [0.3, 0.4) is 0 Å². The molecule has 1 aromatic carbocycles. The molecule has 0 saturated carbocycles. The zero-order chi connectivity index (χ0) is 30.3. The standard InChI is InChI=1S/C27H36O14/c1-4-14-15(9-21(31)38-12-20(37-5-2)13-6-7-17(29)18(30)8-13)16(25(35)36-3)11-39-26(14)41-27-24(34)23(33)22(32)19(10-28)40-27/h4,6-8,11,15,19-20,22-24,26-30,32-34H,5,9-10,12H2,1-3H3/t15-,19+,20?,22+,23-,24+,26-,27-/m0/s1. The first-order valence-electron chi connectivity index (χ1n) is 12.9. The van der Waals surface area contributed by atoms with Gasteiger partial charge in [-0.15, -0.1) is 0 Å². The molecular formula is C27H36O14. The van der Waals surface area contributed by atoms with Crippen LogP contribution in [0.25, 0.3) is 0 Å². The highest BCUT2D eigenvalue weighted by atomic mass is 16.8. The van der Waals surface area contributed by atoms with E-state index in [1.54, 1.807) is 13.8 Å². The van der Waals surface area contributed by atoms with Crippen molar-refractivity contribution in [3.05, 3.63) is 47.2 Å². The van der Waals surface area contributed by atoms with Crippen molar-refractivity contribution in [1.29, 1.82) is 0 Å². The number of phenols is 2. The number of benzene rings is 1. The normalized spacial score (nSPS) is 29.8. The summed E-state index contributed by atoms with van der Waals surface area (Å²) in [6.45, 7) is 2.69. The number of allylic oxidation sites excluding steroid dienone is 1. The number of hydrogen-bond donors (Lipinski definition) is 6. The molecule has 0 radical (unpaired) electrons. The van der Waals surface area contributed by atoms with Crippen molar-refractivity contribution in [3.8, 4) is 11.5 Å². The second kappa shape index (κ2) is 14.6. The van der Waals surface area contributed by atoms with E-state index < -0.39 is 67.6 Å². The third-order valence-corrected chi connectivity index (χ3v) is 6.73. The first kappa shape index (κ1) is 32.3. The van der Waals surface area contributed by atoms with Gasteiger partial charge in [0.2, 0.25) is 6.29 Å². The number of rotatable bonds is 11. The minimum absolute atomic E-state index is 0.0176. The maximum atomic E-state index is 13.0. The summed E-state index contributed by atoms with van der Waals surface area (Å²) in [4.78, 5) is 25.5. The Morgan fingerprint density at radius 2 is 1.83 bits per heavy atom. The Kier molecular flexibility index (Phi) is 11.5. The molecule has 1 fully saturated rings. The second-order valence-corrected chi connectivity index (χ2v) is 9.29. The molecular weight excluding hydrogens is 548 g/mol. The van der Waals surface area contributed by atoms with Gasteiger partial charge in [-0.2, -0.15) is 0 Å². The lowest BCUT2D eigenvalue weighted by Crippen LogP contribution is -2.60. The van der Waals surface area contributed by atoms with Crippen molar-refractivity contribution < 1.29 is 68.6 Å². The lowest BCUT2D eigenvalue weighted by molar-refractivity contribution is -0.327. The van der Waals surface area contributed by atoms with Gasteiger partial charge in [0.25, 0.3) is 0 Å². The van der Waals surface area contributed by atoms with Crippen LogP contribution < -0.4 is 0 Å². The van der Waals surface area contributed by atoms with Crippen LogP contribution in [0.15, 0.2) is 41.7 Å². The fourth-order valence-electron chi connectivity index (χ4n) is 4.50. The maximum absolute atomic E-state index is 13.0. The Bertz CT molecular complexity index is 1120. The molecule has 1 saturated heterocycles. The third kappa shape index (κ3) is 7.54. The fraction of sp³-hybridized carbons (Fsp3) is 0.556. The number of aliphatic hydroxyl groups is 4. The van der Waals surface area contributed by atoms with Gasteiger partial charge < -0.3 is 59.1 Å². The number of phenolic OH excluding ortho intramolecular Hbond substituents is 2. The van der Waals surface area contributed by atoms with E-state index in [2.05, 4.69) is 0 Å². The molecule has 6 N–H and O–H groups in total. The lowest BCUT2D eigenvalue weighted by atomic mass is 9.86. The molecule has 1 aromatic rings. The third-order valence-electron chi connectivity index (χ3n) is 6.73. The number of aromatic hydroxyl groups is 2. The molecule has 0 amide bonds. The molecule has 2 heterocycles. The van der Waals surface area contributed by atoms with E-state index in [0.717, 1.165) is 13.4 Å². The van der Waals surface area contributed by atoms with Gasteiger partial charge in [0.15, 0.2) is 17.8 Å². The average molecular weight is 585 g/mol. The number of hydrogen-bond acceptors (Lipinski definition) is 14. The quantitative estimate of drug-likeness (QED) is 0.114. The molecule has 14 heteroatoms. The molecule has 228 valence electrons. The van der Waals surface area contributed by atoms with Crippen molar-refractivity contribution >= 4 is 11.9 Å². The van der Waals surface area contributed by atoms with Crippen molar-refractivity contribution in [2.24, 2.45) is 5.92 Å². The smallest absolute Gasteiger partial charge is 0.337 e. The highest BCUT2D eigenvalue weighted by Crippen LogP contribution is 2.36. The van der Waals surface area contributed by atoms with E-state index in [4.69, 9.17) is 28.4 Å². The van der Waals surface area contributed by atoms with Crippen molar-refractivity contribution in [2.45, 2.75) is 63.4 Å². The predicted molar refractivity (Wildman–Crippen MR) is 137 cm³/mol. The average Bonchev–Trinajstić information content (AvgIpc) is 2.96. The van der Waals surface area contributed by atoms with E-state index in [1.165, 1.54) is 24.3 Å². The van der Waals surface area contributed by atoms with Crippen molar-refractivity contribution in [3.63, 3.8) is 0 Å². The summed E-state index contributed by atoms with van der Waals surface area (Å²) in [5.74, 6) is -3.14. The SMILES string of the molecule is CC=C1[C@H](O[C@@H]2O[C@H](CO)[C@@H](O)[C@H](O)[C@H]2O)OC=C(C(=O)OC)[C@H]1CC(=O)OCC(OCC)c1ccc(O)c(O)c1. The summed E-state index contributed by atoms with van der Waals surface area (Å²) in [5, 5.41) is 59.4. The Morgan fingerprint density at radius 1 is 1.10 bits per heavy atom. The van der Waals surface area contributed by atoms with E-state index >= 15 is 0 Å². The van der Waals surface area contributed by atoms with Crippen LogP contribution in [-0.2, 0) is 38.0 Å². The Morgan fingerprint density at radius 3 is 2.44 bits per heavy atom. The number of aliphatic hydroxyl groups excluding tert-OH is 4. The molecule has 2 aliphatic heterocycles. The first-order chi connectivity index (χ1) is 19.6. The number of methoxy groups -OCH3 is 1. The highest BCUT2D eigenvalue weighted by molar-refractivity contribution is 5.90. The van der Waals surface area contributed by atoms with Gasteiger partial charge in [0.05, 0.1) is 32.0 Å². The van der Waals surface area contributed by atoms with Crippen molar-refractivity contribution in [1.82, 2.24) is 0 Å². The monoisotopic (exact) mass is 584 g/mol. The Labute approximate surface area is 235 Å². The molecule has 0 aliphatic carbocycles. The number of ether oxygens (including phenoxy) is 6. The minimum atomic E-state index is -1.71. The van der Waals surface area contributed by atoms with Gasteiger partial charge in [-0.3, -0.25) is 4.79 Å².